The molecule has 3 N–H and O–H groups in total. The van der Waals surface area contributed by atoms with Crippen molar-refractivity contribution in [1.82, 2.24) is 20.2 Å². The molecular weight excluding hydrogens is 264 g/mol. The van der Waals surface area contributed by atoms with Gasteiger partial charge in [-0.2, -0.15) is 0 Å². The summed E-state index contributed by atoms with van der Waals surface area (Å²) in [5, 5.41) is 3.65. The van der Waals surface area contributed by atoms with Crippen molar-refractivity contribution in [3.05, 3.63) is 34.2 Å². The number of likely N-dealkylation sites (tertiary alicyclic amines) is 1. The van der Waals surface area contributed by atoms with Gasteiger partial charge in [0.1, 0.15) is 0 Å². The van der Waals surface area contributed by atoms with E-state index in [4.69, 9.17) is 0 Å². The molecule has 0 bridgehead atoms. The predicted octanol–water partition coefficient (Wildman–Crippen LogP) is 1.99. The number of hydrogen-bond acceptors (Lipinski definition) is 3. The molecule has 0 saturated carbocycles. The normalized spacial score (nSPS) is 19.1. The van der Waals surface area contributed by atoms with Crippen LogP contribution >= 0.6 is 0 Å². The van der Waals surface area contributed by atoms with Crippen LogP contribution in [0.1, 0.15) is 38.3 Å². The van der Waals surface area contributed by atoms with Crippen LogP contribution < -0.4 is 11.0 Å². The maximum Gasteiger partial charge on any atom is 0.323 e. The van der Waals surface area contributed by atoms with Gasteiger partial charge in [0.05, 0.1) is 11.0 Å². The molecule has 5 heteroatoms. The van der Waals surface area contributed by atoms with Crippen LogP contribution in [0.15, 0.2) is 23.0 Å². The molecule has 2 aromatic rings. The molecule has 3 rings (SSSR count). The Hall–Kier alpha value is -1.59. The number of fused-ring (bicyclic) bond motifs is 1. The van der Waals surface area contributed by atoms with Gasteiger partial charge in [-0.05, 0) is 57.5 Å². The molecule has 2 heterocycles. The molecule has 114 valence electrons. The largest absolute Gasteiger partial charge is 0.323 e. The highest BCUT2D eigenvalue weighted by molar-refractivity contribution is 5.75. The fourth-order valence-electron chi connectivity index (χ4n) is 3.25. The first kappa shape index (κ1) is 14.4. The standard InChI is InChI=1S/C16H24N4O/c1-11(10-20-7-3-4-8-20)17-12(2)13-5-6-14-15(9-13)19-16(21)18-14/h5-6,9,11-12,17H,3-4,7-8,10H2,1-2H3,(H2,18,19,21). The second-order valence-corrected chi connectivity index (χ2v) is 6.18. The average molecular weight is 288 g/mol. The molecule has 2 atom stereocenters. The van der Waals surface area contributed by atoms with Crippen LogP contribution in [0.5, 0.6) is 0 Å². The van der Waals surface area contributed by atoms with E-state index in [1.54, 1.807) is 0 Å². The molecule has 1 aromatic carbocycles. The van der Waals surface area contributed by atoms with Crippen molar-refractivity contribution < 1.29 is 0 Å². The molecule has 0 spiro atoms. The Bertz CT molecular complexity index is 654. The first-order valence-electron chi connectivity index (χ1n) is 7.82. The van der Waals surface area contributed by atoms with Gasteiger partial charge in [0.2, 0.25) is 0 Å². The summed E-state index contributed by atoms with van der Waals surface area (Å²) in [6.07, 6.45) is 2.67. The minimum absolute atomic E-state index is 0.148. The number of nitrogens with one attached hydrogen (secondary N) is 3. The summed E-state index contributed by atoms with van der Waals surface area (Å²) >= 11 is 0. The summed E-state index contributed by atoms with van der Waals surface area (Å²) in [6, 6.07) is 6.82. The maximum atomic E-state index is 11.3. The number of aromatic amines is 2. The van der Waals surface area contributed by atoms with Crippen LogP contribution in [-0.4, -0.2) is 40.5 Å². The number of nitrogens with zero attached hydrogens (tertiary/aromatic N) is 1. The first-order valence-corrected chi connectivity index (χ1v) is 7.82. The van der Waals surface area contributed by atoms with Crippen molar-refractivity contribution in [2.24, 2.45) is 0 Å². The smallest absolute Gasteiger partial charge is 0.306 e. The van der Waals surface area contributed by atoms with E-state index in [1.165, 1.54) is 31.5 Å². The highest BCUT2D eigenvalue weighted by atomic mass is 16.1. The lowest BCUT2D eigenvalue weighted by Gasteiger charge is -2.25. The molecule has 0 amide bonds. The Kier molecular flexibility index (Phi) is 4.12. The molecule has 1 aliphatic rings. The Balaban J connectivity index is 1.64. The second kappa shape index (κ2) is 6.03. The summed E-state index contributed by atoms with van der Waals surface area (Å²) in [5.74, 6) is 0. The highest BCUT2D eigenvalue weighted by Gasteiger charge is 2.16. The van der Waals surface area contributed by atoms with Gasteiger partial charge in [0.15, 0.2) is 0 Å². The summed E-state index contributed by atoms with van der Waals surface area (Å²) in [4.78, 5) is 19.4. The second-order valence-electron chi connectivity index (χ2n) is 6.18. The average Bonchev–Trinajstić information content (AvgIpc) is 3.05. The van der Waals surface area contributed by atoms with Crippen LogP contribution in [-0.2, 0) is 0 Å². The third-order valence-corrected chi connectivity index (χ3v) is 4.31. The van der Waals surface area contributed by atoms with Gasteiger partial charge in [-0.3, -0.25) is 0 Å². The van der Waals surface area contributed by atoms with Crippen molar-refractivity contribution >= 4 is 11.0 Å². The summed E-state index contributed by atoms with van der Waals surface area (Å²) in [7, 11) is 0. The SMILES string of the molecule is CC(CN1CCCC1)NC(C)c1ccc2[nH]c(=O)[nH]c2c1. The lowest BCUT2D eigenvalue weighted by molar-refractivity contribution is 0.289. The minimum atomic E-state index is -0.148. The van der Waals surface area contributed by atoms with Gasteiger partial charge in [0.25, 0.3) is 0 Å². The molecule has 21 heavy (non-hydrogen) atoms. The Morgan fingerprint density at radius 3 is 2.67 bits per heavy atom. The molecule has 1 saturated heterocycles. The fourth-order valence-corrected chi connectivity index (χ4v) is 3.25. The van der Waals surface area contributed by atoms with Crippen molar-refractivity contribution in [1.29, 1.82) is 0 Å². The predicted molar refractivity (Wildman–Crippen MR) is 85.6 cm³/mol. The number of H-pyrrole nitrogens is 2. The summed E-state index contributed by atoms with van der Waals surface area (Å²) < 4.78 is 0. The number of imidazole rings is 1. The van der Waals surface area contributed by atoms with Crippen molar-refractivity contribution in [2.45, 2.75) is 38.8 Å². The molecule has 1 fully saturated rings. The Morgan fingerprint density at radius 2 is 1.90 bits per heavy atom. The van der Waals surface area contributed by atoms with E-state index in [0.717, 1.165) is 17.6 Å². The van der Waals surface area contributed by atoms with E-state index in [1.807, 2.05) is 12.1 Å². The molecule has 0 aliphatic carbocycles. The van der Waals surface area contributed by atoms with E-state index in [2.05, 4.69) is 40.1 Å². The molecule has 1 aliphatic heterocycles. The van der Waals surface area contributed by atoms with Gasteiger partial charge in [-0.15, -0.1) is 0 Å². The molecule has 2 unspecified atom stereocenters. The molecular formula is C16H24N4O. The lowest BCUT2D eigenvalue weighted by Crippen LogP contribution is -2.39. The summed E-state index contributed by atoms with van der Waals surface area (Å²) in [5.41, 5.74) is 2.79. The van der Waals surface area contributed by atoms with Crippen LogP contribution in [0.2, 0.25) is 0 Å². The number of benzene rings is 1. The Labute approximate surface area is 124 Å². The Morgan fingerprint density at radius 1 is 1.19 bits per heavy atom. The van der Waals surface area contributed by atoms with Gasteiger partial charge in [0, 0.05) is 18.6 Å². The van der Waals surface area contributed by atoms with Crippen LogP contribution in [0.25, 0.3) is 11.0 Å². The number of aromatic nitrogens is 2. The zero-order valence-corrected chi connectivity index (χ0v) is 12.8. The number of rotatable bonds is 5. The lowest BCUT2D eigenvalue weighted by atomic mass is 10.1. The zero-order valence-electron chi connectivity index (χ0n) is 12.8. The quantitative estimate of drug-likeness (QED) is 0.788. The third kappa shape index (κ3) is 3.36. The summed E-state index contributed by atoms with van der Waals surface area (Å²) in [6.45, 7) is 7.99. The van der Waals surface area contributed by atoms with Crippen LogP contribution in [0, 0.1) is 0 Å². The minimum Gasteiger partial charge on any atom is -0.306 e. The topological polar surface area (TPSA) is 63.9 Å². The molecule has 1 aromatic heterocycles. The van der Waals surface area contributed by atoms with E-state index >= 15 is 0 Å². The van der Waals surface area contributed by atoms with Crippen LogP contribution in [0.3, 0.4) is 0 Å². The van der Waals surface area contributed by atoms with Crippen LogP contribution in [0.4, 0.5) is 0 Å². The van der Waals surface area contributed by atoms with Crippen molar-refractivity contribution in [3.8, 4) is 0 Å². The van der Waals surface area contributed by atoms with Crippen molar-refractivity contribution in [3.63, 3.8) is 0 Å². The van der Waals surface area contributed by atoms with E-state index in [9.17, 15) is 4.79 Å². The molecule has 0 radical (unpaired) electrons. The van der Waals surface area contributed by atoms with Gasteiger partial charge in [-0.1, -0.05) is 6.07 Å². The monoisotopic (exact) mass is 288 g/mol. The van der Waals surface area contributed by atoms with Gasteiger partial charge in [-0.25, -0.2) is 4.79 Å². The van der Waals surface area contributed by atoms with E-state index in [0.29, 0.717) is 6.04 Å². The van der Waals surface area contributed by atoms with E-state index < -0.39 is 0 Å². The highest BCUT2D eigenvalue weighted by Crippen LogP contribution is 2.18. The van der Waals surface area contributed by atoms with Gasteiger partial charge < -0.3 is 20.2 Å². The van der Waals surface area contributed by atoms with E-state index in [-0.39, 0.29) is 11.7 Å². The first-order chi connectivity index (χ1) is 10.1. The number of hydrogen-bond donors (Lipinski definition) is 3. The third-order valence-electron chi connectivity index (χ3n) is 4.31. The fraction of sp³-hybridized carbons (Fsp3) is 0.562. The van der Waals surface area contributed by atoms with Crippen molar-refractivity contribution in [2.75, 3.05) is 19.6 Å². The zero-order chi connectivity index (χ0) is 14.8. The van der Waals surface area contributed by atoms with Gasteiger partial charge >= 0.3 is 5.69 Å². The molecule has 5 nitrogen and oxygen atoms in total. The maximum absolute atomic E-state index is 11.3.